The molecule has 0 amide bonds. The Morgan fingerprint density at radius 3 is 2.67 bits per heavy atom. The van der Waals surface area contributed by atoms with Crippen molar-refractivity contribution in [3.05, 3.63) is 36.2 Å². The van der Waals surface area contributed by atoms with Crippen LogP contribution in [0.25, 0.3) is 0 Å². The number of ether oxygens (including phenoxy) is 1. The Labute approximate surface area is 103 Å². The second-order valence-corrected chi connectivity index (χ2v) is 3.68. The summed E-state index contributed by atoms with van der Waals surface area (Å²) in [5, 5.41) is 19.7. The van der Waals surface area contributed by atoms with E-state index in [2.05, 4.69) is 15.5 Å². The van der Waals surface area contributed by atoms with E-state index < -0.39 is 12.0 Å². The van der Waals surface area contributed by atoms with Crippen LogP contribution in [0.2, 0.25) is 0 Å². The van der Waals surface area contributed by atoms with Crippen LogP contribution < -0.4 is 4.74 Å². The van der Waals surface area contributed by atoms with Crippen molar-refractivity contribution in [3.63, 3.8) is 0 Å². The van der Waals surface area contributed by atoms with Gasteiger partial charge in [0.05, 0.1) is 19.6 Å². The van der Waals surface area contributed by atoms with Gasteiger partial charge in [0.25, 0.3) is 0 Å². The van der Waals surface area contributed by atoms with Crippen LogP contribution in [0.5, 0.6) is 5.75 Å². The second kappa shape index (κ2) is 5.26. The Kier molecular flexibility index (Phi) is 3.52. The highest BCUT2D eigenvalue weighted by Gasteiger charge is 2.18. The fourth-order valence-electron chi connectivity index (χ4n) is 1.67. The molecule has 0 spiro atoms. The standard InChI is InChI=1S/C11H12N4O3/c1-18-9-4-2-8(3-5-9)10(6-11(16)17)15-7-12-13-14-15/h2-5,7,10H,6H2,1H3,(H,16,17)/t10-/m0/s1. The number of methoxy groups -OCH3 is 1. The zero-order valence-corrected chi connectivity index (χ0v) is 9.72. The molecule has 0 bridgehead atoms. The Morgan fingerprint density at radius 2 is 2.17 bits per heavy atom. The van der Waals surface area contributed by atoms with Gasteiger partial charge in [0.1, 0.15) is 12.1 Å². The fraction of sp³-hybridized carbons (Fsp3) is 0.273. The van der Waals surface area contributed by atoms with Gasteiger partial charge in [-0.15, -0.1) is 5.10 Å². The highest BCUT2D eigenvalue weighted by atomic mass is 16.5. The predicted molar refractivity (Wildman–Crippen MR) is 61.2 cm³/mol. The molecule has 0 radical (unpaired) electrons. The van der Waals surface area contributed by atoms with Crippen LogP contribution in [0, 0.1) is 0 Å². The van der Waals surface area contributed by atoms with Crippen LogP contribution in [0.4, 0.5) is 0 Å². The van der Waals surface area contributed by atoms with Gasteiger partial charge in [-0.1, -0.05) is 12.1 Å². The molecule has 0 aliphatic heterocycles. The van der Waals surface area contributed by atoms with E-state index in [1.165, 1.54) is 11.0 Å². The first-order valence-electron chi connectivity index (χ1n) is 5.29. The average molecular weight is 248 g/mol. The van der Waals surface area contributed by atoms with Gasteiger partial charge in [-0.2, -0.15) is 0 Å². The maximum atomic E-state index is 10.9. The Balaban J connectivity index is 2.30. The van der Waals surface area contributed by atoms with Crippen LogP contribution in [0.15, 0.2) is 30.6 Å². The number of carbonyl (C=O) groups is 1. The number of hydrogen-bond donors (Lipinski definition) is 1. The SMILES string of the molecule is COc1ccc([C@H](CC(=O)O)n2cnnn2)cc1. The quantitative estimate of drug-likeness (QED) is 0.839. The van der Waals surface area contributed by atoms with E-state index in [0.29, 0.717) is 5.75 Å². The number of carboxylic acids is 1. The van der Waals surface area contributed by atoms with Crippen molar-refractivity contribution in [1.29, 1.82) is 0 Å². The van der Waals surface area contributed by atoms with E-state index in [9.17, 15) is 4.79 Å². The molecule has 94 valence electrons. The lowest BCUT2D eigenvalue weighted by Gasteiger charge is -2.14. The smallest absolute Gasteiger partial charge is 0.305 e. The largest absolute Gasteiger partial charge is 0.497 e. The van der Waals surface area contributed by atoms with E-state index in [4.69, 9.17) is 9.84 Å². The van der Waals surface area contributed by atoms with Crippen molar-refractivity contribution < 1.29 is 14.6 Å². The molecule has 1 N–H and O–H groups in total. The van der Waals surface area contributed by atoms with Gasteiger partial charge in [-0.05, 0) is 28.1 Å². The van der Waals surface area contributed by atoms with Crippen LogP contribution >= 0.6 is 0 Å². The molecule has 0 unspecified atom stereocenters. The van der Waals surface area contributed by atoms with Crippen molar-refractivity contribution in [3.8, 4) is 5.75 Å². The molecule has 0 saturated carbocycles. The van der Waals surface area contributed by atoms with Crippen molar-refractivity contribution in [2.75, 3.05) is 7.11 Å². The maximum absolute atomic E-state index is 10.9. The second-order valence-electron chi connectivity index (χ2n) is 3.68. The summed E-state index contributed by atoms with van der Waals surface area (Å²) < 4.78 is 6.48. The van der Waals surface area contributed by atoms with Crippen molar-refractivity contribution >= 4 is 5.97 Å². The minimum atomic E-state index is -0.911. The average Bonchev–Trinajstić information content (AvgIpc) is 2.89. The minimum absolute atomic E-state index is 0.0859. The Morgan fingerprint density at radius 1 is 1.44 bits per heavy atom. The summed E-state index contributed by atoms with van der Waals surface area (Å²) in [6.45, 7) is 0. The number of hydrogen-bond acceptors (Lipinski definition) is 5. The van der Waals surface area contributed by atoms with Gasteiger partial charge < -0.3 is 9.84 Å². The summed E-state index contributed by atoms with van der Waals surface area (Å²) in [4.78, 5) is 10.9. The van der Waals surface area contributed by atoms with E-state index in [1.54, 1.807) is 31.4 Å². The third kappa shape index (κ3) is 2.62. The van der Waals surface area contributed by atoms with Gasteiger partial charge in [-0.3, -0.25) is 4.79 Å². The molecule has 7 heteroatoms. The third-order valence-electron chi connectivity index (χ3n) is 2.55. The summed E-state index contributed by atoms with van der Waals surface area (Å²) in [6.07, 6.45) is 1.31. The molecule has 0 fully saturated rings. The molecule has 1 atom stereocenters. The normalized spacial score (nSPS) is 12.1. The van der Waals surface area contributed by atoms with Gasteiger partial charge in [-0.25, -0.2) is 4.68 Å². The van der Waals surface area contributed by atoms with Crippen LogP contribution in [-0.4, -0.2) is 38.4 Å². The topological polar surface area (TPSA) is 90.1 Å². The van der Waals surface area contributed by atoms with Gasteiger partial charge >= 0.3 is 5.97 Å². The van der Waals surface area contributed by atoms with E-state index in [0.717, 1.165) is 5.56 Å². The summed E-state index contributed by atoms with van der Waals surface area (Å²) >= 11 is 0. The number of aliphatic carboxylic acids is 1. The molecule has 7 nitrogen and oxygen atoms in total. The lowest BCUT2D eigenvalue weighted by molar-refractivity contribution is -0.137. The number of tetrazole rings is 1. The van der Waals surface area contributed by atoms with Gasteiger partial charge in [0, 0.05) is 0 Å². The van der Waals surface area contributed by atoms with Crippen LogP contribution in [0.3, 0.4) is 0 Å². The first-order valence-corrected chi connectivity index (χ1v) is 5.29. The zero-order valence-electron chi connectivity index (χ0n) is 9.72. The lowest BCUT2D eigenvalue weighted by Crippen LogP contribution is -2.15. The van der Waals surface area contributed by atoms with Crippen molar-refractivity contribution in [2.24, 2.45) is 0 Å². The van der Waals surface area contributed by atoms with E-state index in [1.807, 2.05) is 0 Å². The summed E-state index contributed by atoms with van der Waals surface area (Å²) in [5.74, 6) is -0.198. The Bertz CT molecular complexity index is 510. The molecule has 1 aromatic heterocycles. The minimum Gasteiger partial charge on any atom is -0.497 e. The molecule has 2 rings (SSSR count). The first kappa shape index (κ1) is 12.0. The number of rotatable bonds is 5. The number of nitrogens with zero attached hydrogens (tertiary/aromatic N) is 4. The molecular formula is C11H12N4O3. The molecular weight excluding hydrogens is 236 g/mol. The van der Waals surface area contributed by atoms with Crippen molar-refractivity contribution in [1.82, 2.24) is 20.2 Å². The summed E-state index contributed by atoms with van der Waals surface area (Å²) in [6, 6.07) is 6.72. The first-order chi connectivity index (χ1) is 8.70. The van der Waals surface area contributed by atoms with Gasteiger partial charge in [0.2, 0.25) is 0 Å². The zero-order chi connectivity index (χ0) is 13.0. The summed E-state index contributed by atoms with van der Waals surface area (Å²) in [5.41, 5.74) is 0.811. The number of carboxylic acid groups (broad SMARTS) is 1. The predicted octanol–water partition coefficient (Wildman–Crippen LogP) is 0.746. The molecule has 1 heterocycles. The fourth-order valence-corrected chi connectivity index (χ4v) is 1.67. The molecule has 0 aliphatic rings. The van der Waals surface area contributed by atoms with E-state index >= 15 is 0 Å². The summed E-state index contributed by atoms with van der Waals surface area (Å²) in [7, 11) is 1.57. The van der Waals surface area contributed by atoms with Crippen LogP contribution in [-0.2, 0) is 4.79 Å². The number of benzene rings is 1. The Hall–Kier alpha value is -2.44. The lowest BCUT2D eigenvalue weighted by atomic mass is 10.0. The molecule has 1 aromatic carbocycles. The van der Waals surface area contributed by atoms with E-state index in [-0.39, 0.29) is 6.42 Å². The van der Waals surface area contributed by atoms with Crippen molar-refractivity contribution in [2.45, 2.75) is 12.5 Å². The highest BCUT2D eigenvalue weighted by molar-refractivity contribution is 5.68. The van der Waals surface area contributed by atoms with Crippen LogP contribution in [0.1, 0.15) is 18.0 Å². The van der Waals surface area contributed by atoms with Gasteiger partial charge in [0.15, 0.2) is 0 Å². The molecule has 0 aliphatic carbocycles. The molecule has 2 aromatic rings. The molecule has 18 heavy (non-hydrogen) atoms. The maximum Gasteiger partial charge on any atom is 0.305 e. The number of aromatic nitrogens is 4. The monoisotopic (exact) mass is 248 g/mol. The molecule has 0 saturated heterocycles. The highest BCUT2D eigenvalue weighted by Crippen LogP contribution is 2.23. The third-order valence-corrected chi connectivity index (χ3v) is 2.55.